The third-order valence-corrected chi connectivity index (χ3v) is 4.84. The highest BCUT2D eigenvalue weighted by atomic mass is 32.2. The van der Waals surface area contributed by atoms with Crippen molar-refractivity contribution in [3.8, 4) is 0 Å². The first-order valence-corrected chi connectivity index (χ1v) is 9.19. The number of carbonyl (C=O) groups is 3. The number of anilines is 1. The summed E-state index contributed by atoms with van der Waals surface area (Å²) in [6.45, 7) is 0.0156. The van der Waals surface area contributed by atoms with Gasteiger partial charge in [-0.05, 0) is 37.3 Å². The summed E-state index contributed by atoms with van der Waals surface area (Å²) >= 11 is 1.60. The van der Waals surface area contributed by atoms with Crippen molar-refractivity contribution in [1.29, 1.82) is 0 Å². The molecule has 1 heterocycles. The van der Waals surface area contributed by atoms with Crippen molar-refractivity contribution in [1.82, 2.24) is 5.32 Å². The van der Waals surface area contributed by atoms with E-state index < -0.39 is 11.9 Å². The number of hydrogen-bond donors (Lipinski definition) is 1. The molecule has 0 spiro atoms. The third-order valence-electron chi connectivity index (χ3n) is 4.11. The number of nitrogens with zero attached hydrogens (tertiary/aromatic N) is 1. The molecule has 2 amide bonds. The number of carbonyl (C=O) groups excluding carboxylic acids is 3. The Hall–Kier alpha value is -2.02. The van der Waals surface area contributed by atoms with Gasteiger partial charge in [0.1, 0.15) is 0 Å². The highest BCUT2D eigenvalue weighted by Crippen LogP contribution is 2.28. The summed E-state index contributed by atoms with van der Waals surface area (Å²) in [4.78, 5) is 38.6. The average molecular weight is 348 g/mol. The van der Waals surface area contributed by atoms with E-state index in [9.17, 15) is 14.4 Å². The lowest BCUT2D eigenvalue weighted by atomic mass is 10.1. The third kappa shape index (κ3) is 4.08. The van der Waals surface area contributed by atoms with Gasteiger partial charge in [-0.3, -0.25) is 14.4 Å². The van der Waals surface area contributed by atoms with Gasteiger partial charge >= 0.3 is 5.97 Å². The Balaban J connectivity index is 1.55. The molecule has 2 aliphatic rings. The molecule has 1 atom stereocenters. The molecule has 2 fully saturated rings. The lowest BCUT2D eigenvalue weighted by Crippen LogP contribution is -2.32. The van der Waals surface area contributed by atoms with E-state index in [1.165, 1.54) is 0 Å². The first-order chi connectivity index (χ1) is 11.6. The molecule has 1 aliphatic heterocycles. The van der Waals surface area contributed by atoms with Crippen LogP contribution in [0.5, 0.6) is 0 Å². The molecule has 3 rings (SSSR count). The number of ether oxygens (including phenoxy) is 1. The fourth-order valence-corrected chi connectivity index (χ4v) is 3.10. The zero-order valence-corrected chi connectivity index (χ0v) is 14.3. The van der Waals surface area contributed by atoms with Crippen LogP contribution >= 0.6 is 11.8 Å². The smallest absolute Gasteiger partial charge is 0.311 e. The second-order valence-corrected chi connectivity index (χ2v) is 6.94. The van der Waals surface area contributed by atoms with E-state index in [-0.39, 0.29) is 30.9 Å². The first kappa shape index (κ1) is 16.8. The summed E-state index contributed by atoms with van der Waals surface area (Å²) in [5.41, 5.74) is 0.786. The Morgan fingerprint density at radius 3 is 2.88 bits per heavy atom. The first-order valence-electron chi connectivity index (χ1n) is 7.97. The van der Waals surface area contributed by atoms with Crippen LogP contribution in [0.4, 0.5) is 5.69 Å². The zero-order chi connectivity index (χ0) is 17.1. The van der Waals surface area contributed by atoms with E-state index in [0.717, 1.165) is 23.4 Å². The zero-order valence-electron chi connectivity index (χ0n) is 13.5. The average Bonchev–Trinajstić information content (AvgIpc) is 3.31. The van der Waals surface area contributed by atoms with Crippen LogP contribution in [-0.4, -0.2) is 43.2 Å². The van der Waals surface area contributed by atoms with E-state index in [1.54, 1.807) is 16.7 Å². The van der Waals surface area contributed by atoms with Crippen LogP contribution in [0.3, 0.4) is 0 Å². The Kier molecular flexibility index (Phi) is 5.08. The van der Waals surface area contributed by atoms with Crippen molar-refractivity contribution >= 4 is 35.2 Å². The van der Waals surface area contributed by atoms with Crippen molar-refractivity contribution in [3.63, 3.8) is 0 Å². The summed E-state index contributed by atoms with van der Waals surface area (Å²) in [6.07, 6.45) is 4.06. The molecule has 1 saturated carbocycles. The van der Waals surface area contributed by atoms with Gasteiger partial charge in [0, 0.05) is 29.6 Å². The lowest BCUT2D eigenvalue weighted by molar-refractivity contribution is -0.152. The largest absolute Gasteiger partial charge is 0.455 e. The molecule has 6 nitrogen and oxygen atoms in total. The monoisotopic (exact) mass is 348 g/mol. The predicted octanol–water partition coefficient (Wildman–Crippen LogP) is 1.58. The minimum atomic E-state index is -0.524. The molecule has 24 heavy (non-hydrogen) atoms. The number of benzene rings is 1. The number of thioether (sulfide) groups is 1. The molecular weight excluding hydrogens is 328 g/mol. The van der Waals surface area contributed by atoms with Crippen molar-refractivity contribution in [2.45, 2.75) is 30.2 Å². The van der Waals surface area contributed by atoms with Crippen molar-refractivity contribution in [2.75, 3.05) is 24.3 Å². The number of amides is 2. The van der Waals surface area contributed by atoms with E-state index in [4.69, 9.17) is 4.74 Å². The van der Waals surface area contributed by atoms with E-state index in [2.05, 4.69) is 5.32 Å². The Morgan fingerprint density at radius 2 is 2.17 bits per heavy atom. The molecule has 1 saturated heterocycles. The molecule has 0 radical (unpaired) electrons. The molecule has 1 aromatic rings. The number of nitrogens with one attached hydrogen (secondary N) is 1. The molecule has 1 aliphatic carbocycles. The molecule has 1 N–H and O–H groups in total. The van der Waals surface area contributed by atoms with Gasteiger partial charge in [0.05, 0.1) is 5.92 Å². The minimum Gasteiger partial charge on any atom is -0.455 e. The number of hydrogen-bond acceptors (Lipinski definition) is 5. The predicted molar refractivity (Wildman–Crippen MR) is 90.8 cm³/mol. The Labute approximate surface area is 144 Å². The van der Waals surface area contributed by atoms with Gasteiger partial charge < -0.3 is 15.0 Å². The second-order valence-electron chi connectivity index (χ2n) is 6.06. The van der Waals surface area contributed by atoms with E-state index in [0.29, 0.717) is 6.54 Å². The summed E-state index contributed by atoms with van der Waals surface area (Å²) in [7, 11) is 0. The molecular formula is C17H20N2O4S. The summed E-state index contributed by atoms with van der Waals surface area (Å²) in [5.74, 6) is -1.39. The van der Waals surface area contributed by atoms with Crippen molar-refractivity contribution < 1.29 is 19.1 Å². The fraction of sp³-hybridized carbons (Fsp3) is 0.471. The van der Waals surface area contributed by atoms with Crippen molar-refractivity contribution in [3.05, 3.63) is 24.3 Å². The van der Waals surface area contributed by atoms with Gasteiger partial charge in [0.15, 0.2) is 6.61 Å². The number of rotatable bonds is 6. The van der Waals surface area contributed by atoms with Gasteiger partial charge in [-0.15, -0.1) is 11.8 Å². The highest BCUT2D eigenvalue weighted by molar-refractivity contribution is 7.98. The highest BCUT2D eigenvalue weighted by Gasteiger charge is 2.36. The molecule has 0 unspecified atom stereocenters. The van der Waals surface area contributed by atoms with Crippen LogP contribution in [0, 0.1) is 5.92 Å². The second kappa shape index (κ2) is 7.25. The maximum atomic E-state index is 12.2. The van der Waals surface area contributed by atoms with Crippen molar-refractivity contribution in [2.24, 2.45) is 5.92 Å². The standard InChI is InChI=1S/C17H20N2O4S/c1-24-14-4-2-3-13(8-14)19-9-11(7-16(19)21)17(22)23-10-15(20)18-12-5-6-12/h2-4,8,11-12H,5-7,9-10H2,1H3,(H,18,20)/t11-/m1/s1. The lowest BCUT2D eigenvalue weighted by Gasteiger charge is -2.17. The van der Waals surface area contributed by atoms with Gasteiger partial charge in [-0.2, -0.15) is 0 Å². The quantitative estimate of drug-likeness (QED) is 0.624. The van der Waals surface area contributed by atoms with Crippen LogP contribution in [0.25, 0.3) is 0 Å². The van der Waals surface area contributed by atoms with Crippen LogP contribution in [0.1, 0.15) is 19.3 Å². The molecule has 1 aromatic carbocycles. The molecule has 7 heteroatoms. The summed E-state index contributed by atoms with van der Waals surface area (Å²) in [6, 6.07) is 7.89. The van der Waals surface area contributed by atoms with Gasteiger partial charge in [-0.25, -0.2) is 0 Å². The summed E-state index contributed by atoms with van der Waals surface area (Å²) in [5, 5.41) is 2.76. The van der Waals surface area contributed by atoms with E-state index >= 15 is 0 Å². The van der Waals surface area contributed by atoms with Crippen LogP contribution in [0.15, 0.2) is 29.2 Å². The van der Waals surface area contributed by atoms with Crippen LogP contribution in [0.2, 0.25) is 0 Å². The molecule has 128 valence electrons. The molecule has 0 aromatic heterocycles. The Bertz CT molecular complexity index is 660. The van der Waals surface area contributed by atoms with Gasteiger partial charge in [0.25, 0.3) is 5.91 Å². The number of esters is 1. The van der Waals surface area contributed by atoms with Gasteiger partial charge in [-0.1, -0.05) is 6.07 Å². The molecule has 0 bridgehead atoms. The van der Waals surface area contributed by atoms with Crippen LogP contribution < -0.4 is 10.2 Å². The van der Waals surface area contributed by atoms with Crippen LogP contribution in [-0.2, 0) is 19.1 Å². The normalized spacial score (nSPS) is 20.1. The van der Waals surface area contributed by atoms with Gasteiger partial charge in [0.2, 0.25) is 5.91 Å². The summed E-state index contributed by atoms with van der Waals surface area (Å²) < 4.78 is 5.06. The topological polar surface area (TPSA) is 75.7 Å². The SMILES string of the molecule is CSc1cccc(N2C[C@H](C(=O)OCC(=O)NC3CC3)CC2=O)c1. The fourth-order valence-electron chi connectivity index (χ4n) is 2.64. The van der Waals surface area contributed by atoms with E-state index in [1.807, 2.05) is 30.5 Å². The maximum absolute atomic E-state index is 12.2. The Morgan fingerprint density at radius 1 is 1.38 bits per heavy atom. The minimum absolute atomic E-state index is 0.0994. The maximum Gasteiger partial charge on any atom is 0.311 e.